The second-order valence-electron chi connectivity index (χ2n) is 3.73. The predicted octanol–water partition coefficient (Wildman–Crippen LogP) is 0.138. The van der Waals surface area contributed by atoms with Crippen LogP contribution in [0.4, 0.5) is 0 Å². The number of carbonyl (C=O) groups excluding carboxylic acids is 3. The van der Waals surface area contributed by atoms with Crippen LogP contribution in [-0.2, 0) is 9.53 Å². The van der Waals surface area contributed by atoms with Gasteiger partial charge in [-0.15, -0.1) is 11.3 Å². The summed E-state index contributed by atoms with van der Waals surface area (Å²) in [6.07, 6.45) is 0. The monoisotopic (exact) mass is 285 g/mol. The number of esters is 1. The lowest BCUT2D eigenvalue weighted by Crippen LogP contribution is -2.36. The summed E-state index contributed by atoms with van der Waals surface area (Å²) in [5.74, 6) is -1.29. The molecule has 2 amide bonds. The molecule has 1 rings (SSSR count). The maximum atomic E-state index is 11.7. The van der Waals surface area contributed by atoms with Crippen LogP contribution in [0.5, 0.6) is 0 Å². The molecule has 104 valence electrons. The van der Waals surface area contributed by atoms with Gasteiger partial charge in [0.15, 0.2) is 0 Å². The van der Waals surface area contributed by atoms with Gasteiger partial charge in [-0.1, -0.05) is 0 Å². The summed E-state index contributed by atoms with van der Waals surface area (Å²) in [6, 6.07) is 0. The molecule has 8 heteroatoms. The van der Waals surface area contributed by atoms with Crippen molar-refractivity contribution in [3.63, 3.8) is 0 Å². The molecular formula is C11H15N3O4S. The number of nitrogens with zero attached hydrogens (tertiary/aromatic N) is 2. The van der Waals surface area contributed by atoms with Crippen LogP contribution >= 0.6 is 11.3 Å². The Labute approximate surface area is 114 Å². The van der Waals surface area contributed by atoms with Crippen LogP contribution in [0.15, 0.2) is 5.38 Å². The van der Waals surface area contributed by atoms with Crippen molar-refractivity contribution < 1.29 is 19.1 Å². The first-order valence-electron chi connectivity index (χ1n) is 5.56. The number of rotatable bonds is 5. The third-order valence-corrected chi connectivity index (χ3v) is 2.91. The van der Waals surface area contributed by atoms with Gasteiger partial charge in [-0.25, -0.2) is 9.78 Å². The van der Waals surface area contributed by atoms with Crippen molar-refractivity contribution >= 4 is 29.1 Å². The fourth-order valence-corrected chi connectivity index (χ4v) is 1.76. The summed E-state index contributed by atoms with van der Waals surface area (Å²) in [5.41, 5.74) is 0.0969. The third kappa shape index (κ3) is 4.32. The van der Waals surface area contributed by atoms with E-state index in [0.29, 0.717) is 0 Å². The highest BCUT2D eigenvalue weighted by molar-refractivity contribution is 7.11. The minimum absolute atomic E-state index is 0.0969. The molecule has 0 fully saturated rings. The van der Waals surface area contributed by atoms with Gasteiger partial charge in [-0.2, -0.15) is 0 Å². The smallest absolute Gasteiger partial charge is 0.367 e. The Bertz CT molecular complexity index is 484. The Kier molecular flexibility index (Phi) is 5.43. The Hall–Kier alpha value is -1.96. The van der Waals surface area contributed by atoms with E-state index in [2.05, 4.69) is 10.3 Å². The zero-order valence-corrected chi connectivity index (χ0v) is 11.7. The highest BCUT2D eigenvalue weighted by Gasteiger charge is 2.16. The zero-order valence-electron chi connectivity index (χ0n) is 10.9. The molecule has 0 radical (unpaired) electrons. The van der Waals surface area contributed by atoms with Gasteiger partial charge in [0.25, 0.3) is 5.91 Å². The lowest BCUT2D eigenvalue weighted by Gasteiger charge is -2.09. The topological polar surface area (TPSA) is 88.6 Å². The van der Waals surface area contributed by atoms with E-state index in [0.717, 1.165) is 11.3 Å². The van der Waals surface area contributed by atoms with Crippen molar-refractivity contribution in [1.29, 1.82) is 0 Å². The molecule has 7 nitrogen and oxygen atoms in total. The summed E-state index contributed by atoms with van der Waals surface area (Å²) in [4.78, 5) is 39.6. The van der Waals surface area contributed by atoms with Crippen molar-refractivity contribution in [2.45, 2.75) is 6.92 Å². The lowest BCUT2D eigenvalue weighted by molar-refractivity contribution is -0.127. The number of nitrogens with one attached hydrogen (secondary N) is 1. The van der Waals surface area contributed by atoms with E-state index in [1.54, 1.807) is 21.0 Å². The van der Waals surface area contributed by atoms with Crippen LogP contribution < -0.4 is 5.32 Å². The van der Waals surface area contributed by atoms with Gasteiger partial charge in [0, 0.05) is 19.5 Å². The Balaban J connectivity index is 2.59. The SMILES string of the molecule is CCOC(=O)c1nc(C(=O)NCC(=O)N(C)C)cs1. The van der Waals surface area contributed by atoms with Gasteiger partial charge in [-0.3, -0.25) is 9.59 Å². The molecule has 0 saturated heterocycles. The maximum absolute atomic E-state index is 11.7. The van der Waals surface area contributed by atoms with E-state index >= 15 is 0 Å². The molecule has 19 heavy (non-hydrogen) atoms. The number of hydrogen-bond acceptors (Lipinski definition) is 6. The maximum Gasteiger partial charge on any atom is 0.367 e. The molecule has 1 heterocycles. The number of amides is 2. The van der Waals surface area contributed by atoms with Crippen LogP contribution in [0.1, 0.15) is 27.2 Å². The summed E-state index contributed by atoms with van der Waals surface area (Å²) in [7, 11) is 3.19. The second-order valence-corrected chi connectivity index (χ2v) is 4.59. The van der Waals surface area contributed by atoms with Crippen molar-refractivity contribution in [3.05, 3.63) is 16.1 Å². The quantitative estimate of drug-likeness (QED) is 0.777. The minimum Gasteiger partial charge on any atom is -0.461 e. The molecular weight excluding hydrogens is 270 g/mol. The van der Waals surface area contributed by atoms with Crippen LogP contribution in [-0.4, -0.2) is 54.9 Å². The number of likely N-dealkylation sites (N-methyl/N-ethyl adjacent to an activating group) is 1. The molecule has 1 aromatic heterocycles. The second kappa shape index (κ2) is 6.83. The fraction of sp³-hybridized carbons (Fsp3) is 0.455. The standard InChI is InChI=1S/C11H15N3O4S/c1-4-18-11(17)10-13-7(6-19-10)9(16)12-5-8(15)14(2)3/h6H,4-5H2,1-3H3,(H,12,16). The molecule has 0 aromatic carbocycles. The molecule has 1 N–H and O–H groups in total. The van der Waals surface area contributed by atoms with E-state index in [1.807, 2.05) is 0 Å². The summed E-state index contributed by atoms with van der Waals surface area (Å²) in [6.45, 7) is 1.82. The predicted molar refractivity (Wildman–Crippen MR) is 69.1 cm³/mol. The molecule has 0 aliphatic rings. The highest BCUT2D eigenvalue weighted by Crippen LogP contribution is 2.10. The van der Waals surface area contributed by atoms with Crippen LogP contribution in [0.25, 0.3) is 0 Å². The van der Waals surface area contributed by atoms with Gasteiger partial charge in [0.2, 0.25) is 10.9 Å². The number of aromatic nitrogens is 1. The van der Waals surface area contributed by atoms with E-state index < -0.39 is 11.9 Å². The van der Waals surface area contributed by atoms with E-state index in [9.17, 15) is 14.4 Å². The average molecular weight is 285 g/mol. The Morgan fingerprint density at radius 1 is 1.42 bits per heavy atom. The van der Waals surface area contributed by atoms with Gasteiger partial charge in [-0.05, 0) is 6.92 Å². The normalized spacial score (nSPS) is 9.84. The highest BCUT2D eigenvalue weighted by atomic mass is 32.1. The van der Waals surface area contributed by atoms with Crippen molar-refractivity contribution in [2.75, 3.05) is 27.2 Å². The minimum atomic E-state index is -0.559. The van der Waals surface area contributed by atoms with Crippen LogP contribution in [0.3, 0.4) is 0 Å². The molecule has 0 aliphatic carbocycles. The fourth-order valence-electron chi connectivity index (χ4n) is 1.07. The number of ether oxygens (including phenoxy) is 1. The van der Waals surface area contributed by atoms with E-state index in [-0.39, 0.29) is 29.8 Å². The first kappa shape index (κ1) is 15.1. The molecule has 0 aliphatic heterocycles. The lowest BCUT2D eigenvalue weighted by atomic mass is 10.4. The molecule has 0 atom stereocenters. The average Bonchev–Trinajstić information content (AvgIpc) is 2.85. The van der Waals surface area contributed by atoms with Gasteiger partial charge >= 0.3 is 5.97 Å². The molecule has 0 saturated carbocycles. The summed E-state index contributed by atoms with van der Waals surface area (Å²) >= 11 is 1.02. The zero-order chi connectivity index (χ0) is 14.4. The van der Waals surface area contributed by atoms with Crippen LogP contribution in [0.2, 0.25) is 0 Å². The van der Waals surface area contributed by atoms with Gasteiger partial charge in [0.05, 0.1) is 13.2 Å². The molecule has 1 aromatic rings. The van der Waals surface area contributed by atoms with Gasteiger partial charge in [0.1, 0.15) is 5.69 Å². The number of carbonyl (C=O) groups is 3. The van der Waals surface area contributed by atoms with Crippen LogP contribution in [0, 0.1) is 0 Å². The molecule has 0 unspecified atom stereocenters. The van der Waals surface area contributed by atoms with E-state index in [1.165, 1.54) is 10.3 Å². The first-order chi connectivity index (χ1) is 8.95. The van der Waals surface area contributed by atoms with Gasteiger partial charge < -0.3 is 15.0 Å². The summed E-state index contributed by atoms with van der Waals surface area (Å²) < 4.78 is 4.77. The van der Waals surface area contributed by atoms with Crippen molar-refractivity contribution in [1.82, 2.24) is 15.2 Å². The summed E-state index contributed by atoms with van der Waals surface area (Å²) in [5, 5.41) is 3.99. The Morgan fingerprint density at radius 3 is 2.68 bits per heavy atom. The third-order valence-electron chi connectivity index (χ3n) is 2.09. The largest absolute Gasteiger partial charge is 0.461 e. The van der Waals surface area contributed by atoms with Crippen molar-refractivity contribution in [2.24, 2.45) is 0 Å². The number of hydrogen-bond donors (Lipinski definition) is 1. The molecule has 0 spiro atoms. The molecule has 0 bridgehead atoms. The van der Waals surface area contributed by atoms with E-state index in [4.69, 9.17) is 4.74 Å². The Morgan fingerprint density at radius 2 is 2.11 bits per heavy atom. The number of thiazole rings is 1. The van der Waals surface area contributed by atoms with Crippen molar-refractivity contribution in [3.8, 4) is 0 Å². The first-order valence-corrected chi connectivity index (χ1v) is 6.44.